The molecule has 1 N–H and O–H groups in total. The van der Waals surface area contributed by atoms with E-state index in [2.05, 4.69) is 32.7 Å². The minimum Gasteiger partial charge on any atom is -0.497 e. The second kappa shape index (κ2) is 11.0. The molecule has 0 atom stereocenters. The Morgan fingerprint density at radius 3 is 2.49 bits per heavy atom. The van der Waals surface area contributed by atoms with E-state index in [0.717, 1.165) is 50.5 Å². The van der Waals surface area contributed by atoms with Gasteiger partial charge in [0, 0.05) is 44.2 Å². The first kappa shape index (κ1) is 25.3. The van der Waals surface area contributed by atoms with Gasteiger partial charge < -0.3 is 14.4 Å². The maximum atomic E-state index is 13.3. The molecule has 2 heterocycles. The number of aromatic nitrogens is 1. The number of piperazine rings is 1. The van der Waals surface area contributed by atoms with E-state index in [9.17, 15) is 8.42 Å². The molecular weight excluding hydrogens is 508 g/mol. The van der Waals surface area contributed by atoms with Crippen molar-refractivity contribution in [1.82, 2.24) is 9.27 Å². The summed E-state index contributed by atoms with van der Waals surface area (Å²) in [4.78, 5) is 4.82. The van der Waals surface area contributed by atoms with Gasteiger partial charge in [0.1, 0.15) is 22.2 Å². The van der Waals surface area contributed by atoms with Gasteiger partial charge in [0.15, 0.2) is 0 Å². The molecule has 8 nitrogen and oxygen atoms in total. The van der Waals surface area contributed by atoms with Gasteiger partial charge in [-0.2, -0.15) is 4.37 Å². The van der Waals surface area contributed by atoms with Crippen LogP contribution in [0.3, 0.4) is 0 Å². The monoisotopic (exact) mass is 538 g/mol. The smallest absolute Gasteiger partial charge is 0.265 e. The predicted octanol–water partition coefficient (Wildman–Crippen LogP) is 4.48. The molecule has 0 amide bonds. The van der Waals surface area contributed by atoms with E-state index in [1.54, 1.807) is 29.7 Å². The van der Waals surface area contributed by atoms with Crippen molar-refractivity contribution in [2.24, 2.45) is 0 Å². The fourth-order valence-corrected chi connectivity index (χ4v) is 6.68. The summed E-state index contributed by atoms with van der Waals surface area (Å²) in [7, 11) is -0.936. The Kier molecular flexibility index (Phi) is 7.50. The average Bonchev–Trinajstić information content (AvgIpc) is 3.36. The van der Waals surface area contributed by atoms with Crippen LogP contribution in [-0.4, -0.2) is 64.6 Å². The van der Waals surface area contributed by atoms with Gasteiger partial charge in [0.2, 0.25) is 0 Å². The first-order valence-electron chi connectivity index (χ1n) is 12.1. The molecule has 0 aliphatic carbocycles. The Morgan fingerprint density at radius 1 is 0.946 bits per heavy atom. The third kappa shape index (κ3) is 5.51. The van der Waals surface area contributed by atoms with Crippen LogP contribution in [-0.2, 0) is 16.4 Å². The van der Waals surface area contributed by atoms with Crippen molar-refractivity contribution in [2.75, 3.05) is 56.6 Å². The van der Waals surface area contributed by atoms with E-state index in [0.29, 0.717) is 11.4 Å². The fraction of sp³-hybridized carbons (Fsp3) is 0.296. The number of fused-ring (bicyclic) bond motifs is 1. The first-order valence-corrected chi connectivity index (χ1v) is 14.4. The summed E-state index contributed by atoms with van der Waals surface area (Å²) in [5.74, 6) is 1.78. The van der Waals surface area contributed by atoms with E-state index in [1.807, 2.05) is 24.3 Å². The number of nitrogens with one attached hydrogen (secondary N) is 1. The quantitative estimate of drug-likeness (QED) is 0.336. The van der Waals surface area contributed by atoms with Gasteiger partial charge in [-0.15, -0.1) is 0 Å². The van der Waals surface area contributed by atoms with E-state index < -0.39 is 10.0 Å². The maximum absolute atomic E-state index is 13.3. The van der Waals surface area contributed by atoms with Gasteiger partial charge in [0.05, 0.1) is 24.6 Å². The summed E-state index contributed by atoms with van der Waals surface area (Å²) in [5.41, 5.74) is 1.51. The second-order valence-corrected chi connectivity index (χ2v) is 11.3. The molecule has 4 aromatic rings. The summed E-state index contributed by atoms with van der Waals surface area (Å²) in [5, 5.41) is 1.22. The zero-order chi connectivity index (χ0) is 25.8. The Balaban J connectivity index is 1.24. The Hall–Kier alpha value is -3.34. The number of hydrogen-bond acceptors (Lipinski definition) is 8. The first-order chi connectivity index (χ1) is 18.0. The van der Waals surface area contributed by atoms with Gasteiger partial charge in [-0.05, 0) is 53.8 Å². The van der Waals surface area contributed by atoms with Gasteiger partial charge in [-0.3, -0.25) is 9.62 Å². The maximum Gasteiger partial charge on any atom is 0.265 e. The SMILES string of the molecule is COc1ccc(OC)c(S(=O)(=O)Nc2ccccc2CCN2CCN(c3nsc4ccccc34)CC2)c1. The molecule has 0 bridgehead atoms. The molecule has 0 spiro atoms. The van der Waals surface area contributed by atoms with Gasteiger partial charge in [0.25, 0.3) is 10.0 Å². The lowest BCUT2D eigenvalue weighted by atomic mass is 10.1. The molecule has 37 heavy (non-hydrogen) atoms. The van der Waals surface area contributed by atoms with E-state index in [4.69, 9.17) is 13.8 Å². The highest BCUT2D eigenvalue weighted by atomic mass is 32.2. The molecule has 0 unspecified atom stereocenters. The van der Waals surface area contributed by atoms with Crippen LogP contribution in [0.1, 0.15) is 5.56 Å². The van der Waals surface area contributed by atoms with Crippen molar-refractivity contribution in [3.05, 3.63) is 72.3 Å². The predicted molar refractivity (Wildman–Crippen MR) is 149 cm³/mol. The van der Waals surface area contributed by atoms with E-state index in [-0.39, 0.29) is 10.6 Å². The van der Waals surface area contributed by atoms with Crippen LogP contribution in [0.25, 0.3) is 10.1 Å². The lowest BCUT2D eigenvalue weighted by Gasteiger charge is -2.35. The summed E-state index contributed by atoms with van der Waals surface area (Å²) in [6, 6.07) is 20.6. The molecule has 1 aromatic heterocycles. The van der Waals surface area contributed by atoms with Crippen LogP contribution in [0.5, 0.6) is 11.5 Å². The highest BCUT2D eigenvalue weighted by Gasteiger charge is 2.23. The number of methoxy groups -OCH3 is 2. The van der Waals surface area contributed by atoms with Crippen molar-refractivity contribution in [3.63, 3.8) is 0 Å². The molecule has 1 fully saturated rings. The molecule has 1 aliphatic heterocycles. The number of hydrogen-bond donors (Lipinski definition) is 1. The summed E-state index contributed by atoms with van der Waals surface area (Å²) in [6.45, 7) is 4.53. The Labute approximate surface area is 221 Å². The number of para-hydroxylation sites is 1. The minimum absolute atomic E-state index is 0.0369. The van der Waals surface area contributed by atoms with Crippen LogP contribution in [0.4, 0.5) is 11.5 Å². The average molecular weight is 539 g/mol. The van der Waals surface area contributed by atoms with Gasteiger partial charge in [-0.25, -0.2) is 8.42 Å². The molecule has 1 aliphatic rings. The van der Waals surface area contributed by atoms with Crippen molar-refractivity contribution in [3.8, 4) is 11.5 Å². The normalized spacial score (nSPS) is 14.6. The highest BCUT2D eigenvalue weighted by Crippen LogP contribution is 2.31. The van der Waals surface area contributed by atoms with Crippen LogP contribution >= 0.6 is 11.5 Å². The second-order valence-electron chi connectivity index (χ2n) is 8.86. The number of rotatable bonds is 9. The van der Waals surface area contributed by atoms with Crippen LogP contribution in [0, 0.1) is 0 Å². The molecule has 5 rings (SSSR count). The molecule has 0 saturated carbocycles. The van der Waals surface area contributed by atoms with Gasteiger partial charge >= 0.3 is 0 Å². The van der Waals surface area contributed by atoms with Crippen LogP contribution in [0.15, 0.2) is 71.6 Å². The standard InChI is InChI=1S/C27H30N4O4S2/c1-34-21-11-12-24(35-2)26(19-21)37(32,33)29-23-9-5-3-7-20(23)13-14-30-15-17-31(18-16-30)27-22-8-4-6-10-25(22)36-28-27/h3-12,19,29H,13-18H2,1-2H3. The molecule has 194 valence electrons. The zero-order valence-corrected chi connectivity index (χ0v) is 22.5. The van der Waals surface area contributed by atoms with Crippen molar-refractivity contribution >= 4 is 43.1 Å². The zero-order valence-electron chi connectivity index (χ0n) is 20.9. The number of sulfonamides is 1. The lowest BCUT2D eigenvalue weighted by Crippen LogP contribution is -2.47. The number of benzene rings is 3. The number of anilines is 2. The molecule has 10 heteroatoms. The van der Waals surface area contributed by atoms with Gasteiger partial charge in [-0.1, -0.05) is 30.3 Å². The van der Waals surface area contributed by atoms with E-state index >= 15 is 0 Å². The molecule has 1 saturated heterocycles. The third-order valence-electron chi connectivity index (χ3n) is 6.65. The fourth-order valence-electron chi connectivity index (χ4n) is 4.59. The summed E-state index contributed by atoms with van der Waals surface area (Å²) < 4.78 is 45.8. The van der Waals surface area contributed by atoms with E-state index in [1.165, 1.54) is 30.4 Å². The van der Waals surface area contributed by atoms with Crippen molar-refractivity contribution in [2.45, 2.75) is 11.3 Å². The Bertz CT molecular complexity index is 1480. The molecule has 3 aromatic carbocycles. The lowest BCUT2D eigenvalue weighted by molar-refractivity contribution is 0.261. The van der Waals surface area contributed by atoms with Crippen LogP contribution in [0.2, 0.25) is 0 Å². The highest BCUT2D eigenvalue weighted by molar-refractivity contribution is 7.92. The summed E-state index contributed by atoms with van der Waals surface area (Å²) in [6.07, 6.45) is 0.730. The topological polar surface area (TPSA) is 84.0 Å². The number of nitrogens with zero attached hydrogens (tertiary/aromatic N) is 3. The van der Waals surface area contributed by atoms with Crippen molar-refractivity contribution < 1.29 is 17.9 Å². The minimum atomic E-state index is -3.89. The number of ether oxygens (including phenoxy) is 2. The molecule has 0 radical (unpaired) electrons. The third-order valence-corrected chi connectivity index (χ3v) is 8.85. The molecular formula is C27H30N4O4S2. The largest absolute Gasteiger partial charge is 0.497 e. The Morgan fingerprint density at radius 2 is 1.70 bits per heavy atom. The van der Waals surface area contributed by atoms with Crippen molar-refractivity contribution in [1.29, 1.82) is 0 Å². The van der Waals surface area contributed by atoms with Crippen LogP contribution < -0.4 is 19.1 Å². The summed E-state index contributed by atoms with van der Waals surface area (Å²) >= 11 is 1.55.